The molecule has 28 heavy (non-hydrogen) atoms. The second kappa shape index (κ2) is 7.55. The second-order valence-electron chi connectivity index (χ2n) is 6.35. The maximum absolute atomic E-state index is 12.4. The molecular weight excluding hydrogens is 376 g/mol. The number of aromatic nitrogens is 3. The van der Waals surface area contributed by atoms with E-state index in [-0.39, 0.29) is 16.9 Å². The Bertz CT molecular complexity index is 1020. The predicted octanol–water partition coefficient (Wildman–Crippen LogP) is 3.45. The van der Waals surface area contributed by atoms with Crippen LogP contribution in [0.1, 0.15) is 29.0 Å². The average molecular weight is 396 g/mol. The zero-order chi connectivity index (χ0) is 19.7. The van der Waals surface area contributed by atoms with Gasteiger partial charge in [0.25, 0.3) is 0 Å². The van der Waals surface area contributed by atoms with Crippen molar-refractivity contribution in [3.8, 4) is 17.3 Å². The zero-order valence-corrected chi connectivity index (χ0v) is 16.4. The summed E-state index contributed by atoms with van der Waals surface area (Å²) in [6, 6.07) is 10.9. The van der Waals surface area contributed by atoms with Crippen molar-refractivity contribution in [3.05, 3.63) is 59.4 Å². The molecule has 0 unspecified atom stereocenters. The van der Waals surface area contributed by atoms with Gasteiger partial charge >= 0.3 is 0 Å². The summed E-state index contributed by atoms with van der Waals surface area (Å²) in [4.78, 5) is 16.7. The molecule has 7 nitrogen and oxygen atoms in total. The van der Waals surface area contributed by atoms with E-state index in [2.05, 4.69) is 15.4 Å². The highest BCUT2D eigenvalue weighted by Crippen LogP contribution is 2.45. The van der Waals surface area contributed by atoms with Gasteiger partial charge in [-0.15, -0.1) is 11.8 Å². The lowest BCUT2D eigenvalue weighted by Crippen LogP contribution is -2.16. The number of nitrogens with one attached hydrogen (secondary N) is 1. The van der Waals surface area contributed by atoms with E-state index in [1.807, 2.05) is 44.2 Å². The SMILES string of the molecule is CCOc1cc([C@H]2SCC(=O)Nc3c2c(C)nn3-c2ccccn2)ccc1O. The zero-order valence-electron chi connectivity index (χ0n) is 15.5. The Morgan fingerprint density at radius 1 is 1.36 bits per heavy atom. The minimum atomic E-state index is -0.133. The summed E-state index contributed by atoms with van der Waals surface area (Å²) in [7, 11) is 0. The normalized spacial score (nSPS) is 16.2. The van der Waals surface area contributed by atoms with E-state index in [9.17, 15) is 9.90 Å². The Labute approximate surface area is 166 Å². The molecule has 0 radical (unpaired) electrons. The van der Waals surface area contributed by atoms with Gasteiger partial charge in [-0.25, -0.2) is 4.98 Å². The average Bonchev–Trinajstić information content (AvgIpc) is 2.90. The third kappa shape index (κ3) is 3.31. The Kier molecular flexibility index (Phi) is 4.95. The molecule has 2 aromatic heterocycles. The van der Waals surface area contributed by atoms with Crippen LogP contribution in [-0.2, 0) is 4.79 Å². The first kappa shape index (κ1) is 18.4. The van der Waals surface area contributed by atoms with Gasteiger partial charge in [0, 0.05) is 11.8 Å². The van der Waals surface area contributed by atoms with Crippen LogP contribution in [-0.4, -0.2) is 38.1 Å². The van der Waals surface area contributed by atoms with Crippen molar-refractivity contribution in [2.75, 3.05) is 17.7 Å². The first-order valence-corrected chi connectivity index (χ1v) is 10.0. The molecule has 0 bridgehead atoms. The van der Waals surface area contributed by atoms with Crippen molar-refractivity contribution >= 4 is 23.5 Å². The van der Waals surface area contributed by atoms with Gasteiger partial charge in [-0.1, -0.05) is 12.1 Å². The fourth-order valence-corrected chi connectivity index (χ4v) is 4.43. The highest BCUT2D eigenvalue weighted by atomic mass is 32.2. The standard InChI is InChI=1S/C20H20N4O3S/c1-3-27-15-10-13(7-8-14(15)25)19-18-12(2)23-24(16-6-4-5-9-21-16)20(18)22-17(26)11-28-19/h4-10,19,25H,3,11H2,1-2H3,(H,22,26)/t19-/m1/s1. The Morgan fingerprint density at radius 2 is 2.21 bits per heavy atom. The maximum Gasteiger partial charge on any atom is 0.235 e. The number of ether oxygens (including phenoxy) is 1. The molecule has 2 N–H and O–H groups in total. The summed E-state index contributed by atoms with van der Waals surface area (Å²) in [5.41, 5.74) is 2.67. The lowest BCUT2D eigenvalue weighted by Gasteiger charge is -2.17. The molecule has 3 heterocycles. The predicted molar refractivity (Wildman–Crippen MR) is 108 cm³/mol. The van der Waals surface area contributed by atoms with E-state index in [0.717, 1.165) is 16.8 Å². The van der Waals surface area contributed by atoms with Gasteiger partial charge < -0.3 is 15.2 Å². The van der Waals surface area contributed by atoms with Crippen molar-refractivity contribution in [3.63, 3.8) is 0 Å². The Balaban J connectivity index is 1.86. The number of nitrogens with zero attached hydrogens (tertiary/aromatic N) is 3. The van der Waals surface area contributed by atoms with Crippen molar-refractivity contribution in [1.82, 2.24) is 14.8 Å². The Morgan fingerprint density at radius 3 is 2.96 bits per heavy atom. The largest absolute Gasteiger partial charge is 0.504 e. The number of hydrogen-bond acceptors (Lipinski definition) is 6. The fourth-order valence-electron chi connectivity index (χ4n) is 3.26. The van der Waals surface area contributed by atoms with Crippen LogP contribution in [0.15, 0.2) is 42.6 Å². The number of benzene rings is 1. The van der Waals surface area contributed by atoms with Crippen molar-refractivity contribution < 1.29 is 14.6 Å². The van der Waals surface area contributed by atoms with Crippen LogP contribution in [0.5, 0.6) is 11.5 Å². The smallest absolute Gasteiger partial charge is 0.235 e. The van der Waals surface area contributed by atoms with Gasteiger partial charge in [0.05, 0.1) is 23.3 Å². The number of pyridine rings is 1. The maximum atomic E-state index is 12.4. The number of thioether (sulfide) groups is 1. The number of fused-ring (bicyclic) bond motifs is 1. The fraction of sp³-hybridized carbons (Fsp3) is 0.250. The molecule has 1 aliphatic heterocycles. The van der Waals surface area contributed by atoms with Gasteiger partial charge in [0.15, 0.2) is 17.3 Å². The van der Waals surface area contributed by atoms with Crippen LogP contribution in [0, 0.1) is 6.92 Å². The minimum absolute atomic E-state index is 0.0883. The Hall–Kier alpha value is -3.00. The number of amides is 1. The number of aromatic hydroxyl groups is 1. The number of phenols is 1. The molecule has 0 saturated carbocycles. The summed E-state index contributed by atoms with van der Waals surface area (Å²) < 4.78 is 7.21. The van der Waals surface area contributed by atoms with Crippen LogP contribution < -0.4 is 10.1 Å². The molecule has 8 heteroatoms. The van der Waals surface area contributed by atoms with Gasteiger partial charge in [0.2, 0.25) is 5.91 Å². The van der Waals surface area contributed by atoms with E-state index < -0.39 is 0 Å². The summed E-state index contributed by atoms with van der Waals surface area (Å²) in [6.07, 6.45) is 1.69. The van der Waals surface area contributed by atoms with Crippen LogP contribution in [0.3, 0.4) is 0 Å². The number of carbonyl (C=O) groups excluding carboxylic acids is 1. The van der Waals surface area contributed by atoms with Gasteiger partial charge in [0.1, 0.15) is 5.82 Å². The lowest BCUT2D eigenvalue weighted by molar-refractivity contribution is -0.113. The van der Waals surface area contributed by atoms with Gasteiger partial charge in [-0.2, -0.15) is 9.78 Å². The molecule has 1 atom stereocenters. The monoisotopic (exact) mass is 396 g/mol. The molecule has 3 aromatic rings. The highest BCUT2D eigenvalue weighted by Gasteiger charge is 2.31. The topological polar surface area (TPSA) is 89.3 Å². The second-order valence-corrected chi connectivity index (χ2v) is 7.44. The van der Waals surface area contributed by atoms with Crippen LogP contribution in [0.2, 0.25) is 0 Å². The molecule has 1 aromatic carbocycles. The van der Waals surface area contributed by atoms with E-state index >= 15 is 0 Å². The molecule has 0 spiro atoms. The van der Waals surface area contributed by atoms with E-state index in [0.29, 0.717) is 29.7 Å². The summed E-state index contributed by atoms with van der Waals surface area (Å²) in [5, 5.41) is 17.5. The molecule has 1 amide bonds. The van der Waals surface area contributed by atoms with Crippen LogP contribution in [0.25, 0.3) is 5.82 Å². The van der Waals surface area contributed by atoms with Gasteiger partial charge in [-0.3, -0.25) is 4.79 Å². The van der Waals surface area contributed by atoms with Crippen LogP contribution in [0.4, 0.5) is 5.82 Å². The molecule has 144 valence electrons. The molecular formula is C20H20N4O3S. The number of aryl methyl sites for hydroxylation is 1. The molecule has 0 saturated heterocycles. The quantitative estimate of drug-likeness (QED) is 0.702. The number of anilines is 1. The third-order valence-electron chi connectivity index (χ3n) is 4.46. The molecule has 0 aliphatic carbocycles. The first-order chi connectivity index (χ1) is 13.6. The number of hydrogen-bond donors (Lipinski definition) is 2. The number of phenolic OH excluding ortho intramolecular Hbond substituents is 1. The van der Waals surface area contributed by atoms with Crippen LogP contribution >= 0.6 is 11.8 Å². The first-order valence-electron chi connectivity index (χ1n) is 8.96. The van der Waals surface area contributed by atoms with E-state index in [1.54, 1.807) is 16.9 Å². The van der Waals surface area contributed by atoms with E-state index in [1.165, 1.54) is 11.8 Å². The van der Waals surface area contributed by atoms with E-state index in [4.69, 9.17) is 4.74 Å². The third-order valence-corrected chi connectivity index (χ3v) is 5.73. The number of carbonyl (C=O) groups is 1. The number of rotatable bonds is 4. The minimum Gasteiger partial charge on any atom is -0.504 e. The molecule has 4 rings (SSSR count). The molecule has 0 fully saturated rings. The summed E-state index contributed by atoms with van der Waals surface area (Å²) >= 11 is 1.52. The summed E-state index contributed by atoms with van der Waals surface area (Å²) in [6.45, 7) is 4.25. The highest BCUT2D eigenvalue weighted by molar-refractivity contribution is 8.00. The van der Waals surface area contributed by atoms with Crippen molar-refractivity contribution in [2.45, 2.75) is 19.1 Å². The summed E-state index contributed by atoms with van der Waals surface area (Å²) in [5.74, 6) is 2.02. The molecule has 1 aliphatic rings. The van der Waals surface area contributed by atoms with Crippen molar-refractivity contribution in [2.24, 2.45) is 0 Å². The van der Waals surface area contributed by atoms with Crippen molar-refractivity contribution in [1.29, 1.82) is 0 Å². The lowest BCUT2D eigenvalue weighted by atomic mass is 10.0. The van der Waals surface area contributed by atoms with Gasteiger partial charge in [-0.05, 0) is 43.7 Å².